The highest BCUT2D eigenvalue weighted by Gasteiger charge is 2.06. The number of nitrogens with one attached hydrogen (secondary N) is 1. The largest absolute Gasteiger partial charge is 0.289 e. The summed E-state index contributed by atoms with van der Waals surface area (Å²) in [4.78, 5) is 0. The molecule has 1 atom stereocenters. The van der Waals surface area contributed by atoms with Crippen molar-refractivity contribution in [2.75, 3.05) is 17.6 Å². The van der Waals surface area contributed by atoms with E-state index in [0.717, 1.165) is 5.69 Å². The molecule has 0 amide bonds. The molecule has 0 aliphatic rings. The lowest BCUT2D eigenvalue weighted by Gasteiger charge is -2.18. The van der Waals surface area contributed by atoms with Crippen molar-refractivity contribution >= 4 is 15.6 Å². The van der Waals surface area contributed by atoms with Crippen LogP contribution in [0.2, 0.25) is 0 Å². The van der Waals surface area contributed by atoms with Crippen molar-refractivity contribution in [3.63, 3.8) is 0 Å². The standard InChI is InChI=1S/C8H12N2OS/c1-10(12(2,9)11)8-6-4-3-5-7-8/h3-7,9H,1-2H3. The Morgan fingerprint density at radius 1 is 1.33 bits per heavy atom. The third kappa shape index (κ3) is 1.98. The van der Waals surface area contributed by atoms with Crippen LogP contribution >= 0.6 is 0 Å². The molecule has 0 radical (unpaired) electrons. The minimum Gasteiger partial charge on any atom is -0.289 e. The highest BCUT2D eigenvalue weighted by molar-refractivity contribution is 7.93. The lowest BCUT2D eigenvalue weighted by Crippen LogP contribution is -2.23. The summed E-state index contributed by atoms with van der Waals surface area (Å²) in [5.74, 6) is 0. The molecule has 0 saturated heterocycles. The molecule has 0 bridgehead atoms. The molecule has 4 heteroatoms. The van der Waals surface area contributed by atoms with Gasteiger partial charge in [-0.05, 0) is 12.1 Å². The van der Waals surface area contributed by atoms with Crippen molar-refractivity contribution in [3.05, 3.63) is 30.3 Å². The second-order valence-electron chi connectivity index (χ2n) is 2.64. The van der Waals surface area contributed by atoms with Crippen LogP contribution in [0.3, 0.4) is 0 Å². The first kappa shape index (κ1) is 9.06. The molecule has 66 valence electrons. The zero-order valence-electron chi connectivity index (χ0n) is 7.15. The van der Waals surface area contributed by atoms with Crippen LogP contribution in [0.4, 0.5) is 5.69 Å². The molecule has 0 aliphatic heterocycles. The van der Waals surface area contributed by atoms with E-state index in [9.17, 15) is 4.21 Å². The molecule has 0 heterocycles. The first-order chi connectivity index (χ1) is 5.52. The predicted octanol–water partition coefficient (Wildman–Crippen LogP) is 1.71. The van der Waals surface area contributed by atoms with Gasteiger partial charge in [0.1, 0.15) is 9.92 Å². The van der Waals surface area contributed by atoms with Gasteiger partial charge in [0.25, 0.3) is 0 Å². The normalized spacial score (nSPS) is 15.2. The molecule has 3 nitrogen and oxygen atoms in total. The molecule has 1 unspecified atom stereocenters. The summed E-state index contributed by atoms with van der Waals surface area (Å²) in [5, 5.41) is 0. The molecule has 1 aromatic carbocycles. The van der Waals surface area contributed by atoms with E-state index >= 15 is 0 Å². The SMILES string of the molecule is CN(c1ccccc1)S(C)(=N)=O. The number of anilines is 1. The van der Waals surface area contributed by atoms with Crippen molar-refractivity contribution < 1.29 is 4.21 Å². The van der Waals surface area contributed by atoms with Crippen molar-refractivity contribution in [2.45, 2.75) is 0 Å². The van der Waals surface area contributed by atoms with Gasteiger partial charge in [-0.25, -0.2) is 8.99 Å². The molecule has 1 N–H and O–H groups in total. The van der Waals surface area contributed by atoms with E-state index in [2.05, 4.69) is 0 Å². The fraction of sp³-hybridized carbons (Fsp3) is 0.250. The summed E-state index contributed by atoms with van der Waals surface area (Å²) >= 11 is 0. The van der Waals surface area contributed by atoms with Crippen LogP contribution in [0.5, 0.6) is 0 Å². The lowest BCUT2D eigenvalue weighted by atomic mass is 10.3. The fourth-order valence-corrected chi connectivity index (χ4v) is 1.36. The molecule has 0 aromatic heterocycles. The Morgan fingerprint density at radius 2 is 1.83 bits per heavy atom. The smallest absolute Gasteiger partial charge is 0.125 e. The molecule has 0 saturated carbocycles. The first-order valence-electron chi connectivity index (χ1n) is 3.54. The van der Waals surface area contributed by atoms with Gasteiger partial charge in [-0.15, -0.1) is 0 Å². The summed E-state index contributed by atoms with van der Waals surface area (Å²) < 4.78 is 20.1. The Kier molecular flexibility index (Phi) is 2.38. The average molecular weight is 184 g/mol. The summed E-state index contributed by atoms with van der Waals surface area (Å²) in [6.07, 6.45) is 1.40. The Morgan fingerprint density at radius 3 is 2.25 bits per heavy atom. The van der Waals surface area contributed by atoms with E-state index in [1.807, 2.05) is 30.3 Å². The zero-order valence-corrected chi connectivity index (χ0v) is 7.97. The quantitative estimate of drug-likeness (QED) is 0.747. The van der Waals surface area contributed by atoms with Crippen LogP contribution in [0.15, 0.2) is 30.3 Å². The van der Waals surface area contributed by atoms with Gasteiger partial charge in [0.15, 0.2) is 0 Å². The van der Waals surface area contributed by atoms with E-state index in [-0.39, 0.29) is 0 Å². The lowest BCUT2D eigenvalue weighted by molar-refractivity contribution is 0.677. The number of hydrogen-bond acceptors (Lipinski definition) is 2. The van der Waals surface area contributed by atoms with Gasteiger partial charge < -0.3 is 0 Å². The maximum absolute atomic E-state index is 11.3. The highest BCUT2D eigenvalue weighted by atomic mass is 32.2. The first-order valence-corrected chi connectivity index (χ1v) is 5.47. The van der Waals surface area contributed by atoms with E-state index in [0.29, 0.717) is 0 Å². The summed E-state index contributed by atoms with van der Waals surface area (Å²) in [6, 6.07) is 9.27. The Hall–Kier alpha value is -1.03. The Balaban J connectivity index is 3.02. The summed E-state index contributed by atoms with van der Waals surface area (Å²) in [5.41, 5.74) is 0.806. The van der Waals surface area contributed by atoms with Crippen LogP contribution in [0, 0.1) is 4.78 Å². The summed E-state index contributed by atoms with van der Waals surface area (Å²) in [6.45, 7) is 0. The highest BCUT2D eigenvalue weighted by Crippen LogP contribution is 2.13. The van der Waals surface area contributed by atoms with E-state index < -0.39 is 9.92 Å². The fourth-order valence-electron chi connectivity index (χ4n) is 0.839. The Bertz CT molecular complexity index is 345. The van der Waals surface area contributed by atoms with E-state index in [1.165, 1.54) is 10.6 Å². The van der Waals surface area contributed by atoms with Crippen LogP contribution in [0.1, 0.15) is 0 Å². The van der Waals surface area contributed by atoms with Crippen LogP contribution in [-0.2, 0) is 9.92 Å². The maximum atomic E-state index is 11.3. The topological polar surface area (TPSA) is 44.2 Å². The minimum absolute atomic E-state index is 0.806. The van der Waals surface area contributed by atoms with E-state index in [1.54, 1.807) is 7.05 Å². The molecule has 1 rings (SSSR count). The second-order valence-corrected chi connectivity index (χ2v) is 4.79. The van der Waals surface area contributed by atoms with Gasteiger partial charge in [0, 0.05) is 19.0 Å². The van der Waals surface area contributed by atoms with Gasteiger partial charge in [-0.2, -0.15) is 0 Å². The van der Waals surface area contributed by atoms with Crippen LogP contribution in [0.25, 0.3) is 0 Å². The molecule has 1 aromatic rings. The van der Waals surface area contributed by atoms with Gasteiger partial charge in [0.05, 0.1) is 0 Å². The molecule has 12 heavy (non-hydrogen) atoms. The number of benzene rings is 1. The number of nitrogens with zero attached hydrogens (tertiary/aromatic N) is 1. The third-order valence-corrected chi connectivity index (χ3v) is 2.90. The van der Waals surface area contributed by atoms with Gasteiger partial charge >= 0.3 is 0 Å². The molecule has 0 spiro atoms. The van der Waals surface area contributed by atoms with Crippen LogP contribution < -0.4 is 4.31 Å². The van der Waals surface area contributed by atoms with Crippen LogP contribution in [-0.4, -0.2) is 17.5 Å². The van der Waals surface area contributed by atoms with Crippen molar-refractivity contribution in [2.24, 2.45) is 0 Å². The predicted molar refractivity (Wildman–Crippen MR) is 51.6 cm³/mol. The minimum atomic E-state index is -2.62. The number of hydrogen-bond donors (Lipinski definition) is 1. The second kappa shape index (κ2) is 3.15. The van der Waals surface area contributed by atoms with Gasteiger partial charge in [0.2, 0.25) is 0 Å². The van der Waals surface area contributed by atoms with E-state index in [4.69, 9.17) is 4.78 Å². The van der Waals surface area contributed by atoms with Crippen molar-refractivity contribution in [1.82, 2.24) is 0 Å². The van der Waals surface area contributed by atoms with Gasteiger partial charge in [-0.1, -0.05) is 18.2 Å². The van der Waals surface area contributed by atoms with Gasteiger partial charge in [-0.3, -0.25) is 4.31 Å². The number of rotatable bonds is 2. The molecule has 0 aliphatic carbocycles. The molecule has 0 fully saturated rings. The summed E-state index contributed by atoms with van der Waals surface area (Å²) in [7, 11) is -0.965. The Labute approximate surface area is 73.1 Å². The van der Waals surface area contributed by atoms with Crippen molar-refractivity contribution in [3.8, 4) is 0 Å². The molecular formula is C8H12N2OS. The maximum Gasteiger partial charge on any atom is 0.125 e. The number of para-hydroxylation sites is 1. The van der Waals surface area contributed by atoms with Crippen molar-refractivity contribution in [1.29, 1.82) is 4.78 Å². The third-order valence-electron chi connectivity index (χ3n) is 1.64. The zero-order chi connectivity index (χ0) is 9.19. The molecular weight excluding hydrogens is 172 g/mol. The average Bonchev–Trinajstić information content (AvgIpc) is 2.03. The monoisotopic (exact) mass is 184 g/mol.